The monoisotopic (exact) mass is 283 g/mol. The second kappa shape index (κ2) is 5.24. The van der Waals surface area contributed by atoms with Gasteiger partial charge in [0.1, 0.15) is 0 Å². The summed E-state index contributed by atoms with van der Waals surface area (Å²) in [5.41, 5.74) is 2.10. The number of rotatable bonds is 3. The summed E-state index contributed by atoms with van der Waals surface area (Å²) in [5.74, 6) is -0.609. The van der Waals surface area contributed by atoms with Gasteiger partial charge in [0.15, 0.2) is 11.4 Å². The van der Waals surface area contributed by atoms with Crippen LogP contribution in [0.4, 0.5) is 5.69 Å². The molecule has 3 aromatic rings. The van der Waals surface area contributed by atoms with Gasteiger partial charge in [-0.3, -0.25) is 4.79 Å². The Morgan fingerprint density at radius 1 is 1.38 bits per heavy atom. The molecule has 21 heavy (non-hydrogen) atoms. The Kier molecular flexibility index (Phi) is 3.27. The van der Waals surface area contributed by atoms with Crippen molar-refractivity contribution < 1.29 is 14.3 Å². The molecule has 0 saturated carbocycles. The largest absolute Gasteiger partial charge is 0.493 e. The minimum Gasteiger partial charge on any atom is -0.493 e. The van der Waals surface area contributed by atoms with E-state index in [9.17, 15) is 9.90 Å². The quantitative estimate of drug-likeness (QED) is 0.713. The number of amides is 1. The van der Waals surface area contributed by atoms with E-state index in [0.29, 0.717) is 0 Å². The summed E-state index contributed by atoms with van der Waals surface area (Å²) in [6, 6.07) is 8.84. The topological polar surface area (TPSA) is 91.0 Å². The van der Waals surface area contributed by atoms with E-state index in [-0.39, 0.29) is 17.3 Å². The molecular weight excluding hydrogens is 270 g/mol. The van der Waals surface area contributed by atoms with Crippen LogP contribution in [0, 0.1) is 0 Å². The third-order valence-corrected chi connectivity index (χ3v) is 3.20. The summed E-state index contributed by atoms with van der Waals surface area (Å²) < 4.78 is 4.95. The predicted octanol–water partition coefficient (Wildman–Crippen LogP) is 3.95. The van der Waals surface area contributed by atoms with E-state index >= 15 is 0 Å². The number of carbonyl (C=O) groups excluding carboxylic acids is 1. The molecule has 1 aromatic carbocycles. The van der Waals surface area contributed by atoms with Gasteiger partial charge in [-0.25, -0.2) is 0 Å². The molecule has 0 radical (unpaired) electrons. The lowest BCUT2D eigenvalue weighted by atomic mass is 10.1. The molecule has 0 unspecified atom stereocenters. The van der Waals surface area contributed by atoms with Gasteiger partial charge in [0.25, 0.3) is 0 Å². The van der Waals surface area contributed by atoms with E-state index in [1.54, 1.807) is 6.07 Å². The molecule has 106 valence electrons. The number of carbonyl (C=O) groups is 1. The van der Waals surface area contributed by atoms with Crippen LogP contribution < -0.4 is 0 Å². The van der Waals surface area contributed by atoms with Crippen molar-refractivity contribution in [2.45, 2.75) is 13.3 Å². The zero-order valence-electron chi connectivity index (χ0n) is 11.3. The van der Waals surface area contributed by atoms with Crippen molar-refractivity contribution in [3.8, 4) is 5.88 Å². The summed E-state index contributed by atoms with van der Waals surface area (Å²) in [7, 11) is 0. The number of nitrogens with one attached hydrogen (secondary N) is 1. The van der Waals surface area contributed by atoms with Crippen LogP contribution in [0.3, 0.4) is 0 Å². The molecule has 1 amide bonds. The van der Waals surface area contributed by atoms with Crippen LogP contribution in [0.2, 0.25) is 0 Å². The highest BCUT2D eigenvalue weighted by molar-refractivity contribution is 5.96. The Morgan fingerprint density at radius 3 is 2.95 bits per heavy atom. The first-order valence-electron chi connectivity index (χ1n) is 6.52. The molecule has 0 aliphatic carbocycles. The van der Waals surface area contributed by atoms with Gasteiger partial charge in [-0.15, -0.1) is 10.2 Å². The molecule has 0 aliphatic rings. The maximum atomic E-state index is 11.7. The molecule has 2 heterocycles. The number of hydrogen-bond donors (Lipinski definition) is 2. The molecule has 0 aliphatic heterocycles. The van der Waals surface area contributed by atoms with E-state index in [4.69, 9.17) is 4.42 Å². The van der Waals surface area contributed by atoms with Gasteiger partial charge in [0.2, 0.25) is 5.88 Å². The van der Waals surface area contributed by atoms with Gasteiger partial charge in [0, 0.05) is 5.39 Å². The van der Waals surface area contributed by atoms with Crippen molar-refractivity contribution in [3.63, 3.8) is 0 Å². The Hall–Kier alpha value is -2.89. The second-order valence-electron chi connectivity index (χ2n) is 4.54. The molecular formula is C15H13N3O3. The fourth-order valence-corrected chi connectivity index (χ4v) is 2.08. The Bertz CT molecular complexity index is 816. The minimum atomic E-state index is -0.597. The molecule has 0 fully saturated rings. The molecule has 0 saturated heterocycles. The zero-order chi connectivity index (χ0) is 14.8. The highest BCUT2D eigenvalue weighted by Crippen LogP contribution is 2.36. The van der Waals surface area contributed by atoms with Gasteiger partial charge in [-0.1, -0.05) is 13.0 Å². The van der Waals surface area contributed by atoms with Gasteiger partial charge < -0.3 is 14.5 Å². The molecule has 0 spiro atoms. The first-order valence-corrected chi connectivity index (χ1v) is 6.52. The van der Waals surface area contributed by atoms with E-state index in [1.807, 2.05) is 25.1 Å². The number of fused-ring (bicyclic) bond motifs is 1. The van der Waals surface area contributed by atoms with Crippen LogP contribution in [-0.2, 0) is 6.42 Å². The molecule has 0 bridgehead atoms. The molecule has 0 atom stereocenters. The van der Waals surface area contributed by atoms with Crippen molar-refractivity contribution >= 4 is 22.5 Å². The summed E-state index contributed by atoms with van der Waals surface area (Å²) in [5, 5.41) is 18.1. The molecule has 2 aromatic heterocycles. The number of furan rings is 1. The number of H-pyrrole nitrogens is 1. The second-order valence-corrected chi connectivity index (χ2v) is 4.54. The number of aromatic nitrogens is 1. The summed E-state index contributed by atoms with van der Waals surface area (Å²) in [6.07, 6.45) is 2.25. The van der Waals surface area contributed by atoms with E-state index in [0.717, 1.165) is 22.9 Å². The number of hydrogen-bond acceptors (Lipinski definition) is 4. The molecule has 6 nitrogen and oxygen atoms in total. The average Bonchev–Trinajstić information content (AvgIpc) is 3.11. The molecule has 6 heteroatoms. The number of benzene rings is 1. The van der Waals surface area contributed by atoms with Crippen LogP contribution in [0.25, 0.3) is 10.9 Å². The van der Waals surface area contributed by atoms with Crippen LogP contribution in [-0.4, -0.2) is 16.0 Å². The van der Waals surface area contributed by atoms with Crippen LogP contribution in [0.5, 0.6) is 5.88 Å². The lowest BCUT2D eigenvalue weighted by Gasteiger charge is -1.96. The lowest BCUT2D eigenvalue weighted by molar-refractivity contribution is 0.0968. The number of aryl methyl sites for hydroxylation is 1. The van der Waals surface area contributed by atoms with Crippen molar-refractivity contribution in [2.24, 2.45) is 10.2 Å². The number of nitrogens with zero attached hydrogens (tertiary/aromatic N) is 2. The van der Waals surface area contributed by atoms with Gasteiger partial charge in [-0.2, -0.15) is 0 Å². The van der Waals surface area contributed by atoms with Crippen molar-refractivity contribution in [1.29, 1.82) is 0 Å². The normalized spacial score (nSPS) is 11.5. The first kappa shape index (κ1) is 13.1. The van der Waals surface area contributed by atoms with Crippen molar-refractivity contribution in [1.82, 2.24) is 4.98 Å². The summed E-state index contributed by atoms with van der Waals surface area (Å²) in [6.45, 7) is 2.04. The van der Waals surface area contributed by atoms with Crippen molar-refractivity contribution in [3.05, 3.63) is 47.9 Å². The predicted molar refractivity (Wildman–Crippen MR) is 76.9 cm³/mol. The van der Waals surface area contributed by atoms with E-state index < -0.39 is 5.91 Å². The number of aromatic amines is 1. The van der Waals surface area contributed by atoms with E-state index in [2.05, 4.69) is 15.2 Å². The summed E-state index contributed by atoms with van der Waals surface area (Å²) >= 11 is 0. The van der Waals surface area contributed by atoms with E-state index in [1.165, 1.54) is 12.3 Å². The van der Waals surface area contributed by atoms with Gasteiger partial charge >= 0.3 is 5.91 Å². The number of azo groups is 1. The fraction of sp³-hybridized carbons (Fsp3) is 0.133. The third kappa shape index (κ3) is 2.43. The Balaban J connectivity index is 1.99. The fourth-order valence-electron chi connectivity index (χ4n) is 2.08. The Labute approximate surface area is 120 Å². The Morgan fingerprint density at radius 2 is 2.24 bits per heavy atom. The van der Waals surface area contributed by atoms with Crippen LogP contribution >= 0.6 is 0 Å². The van der Waals surface area contributed by atoms with Crippen molar-refractivity contribution in [2.75, 3.05) is 0 Å². The standard InChI is InChI=1S/C15H13N3O3/c1-2-9-5-6-11-10(8-9)13(15(20)16-11)17-18-14(19)12-4-3-7-21-12/h3-8,16,20H,2H2,1H3. The molecule has 2 N–H and O–H groups in total. The van der Waals surface area contributed by atoms with Crippen LogP contribution in [0.1, 0.15) is 23.0 Å². The van der Waals surface area contributed by atoms with Gasteiger partial charge in [-0.05, 0) is 36.2 Å². The number of aromatic hydroxyl groups is 1. The maximum absolute atomic E-state index is 11.7. The highest BCUT2D eigenvalue weighted by Gasteiger charge is 2.12. The molecule has 3 rings (SSSR count). The summed E-state index contributed by atoms with van der Waals surface area (Å²) in [4.78, 5) is 14.5. The highest BCUT2D eigenvalue weighted by atomic mass is 16.3. The average molecular weight is 283 g/mol. The lowest BCUT2D eigenvalue weighted by Crippen LogP contribution is -1.89. The minimum absolute atomic E-state index is 0.104. The first-order chi connectivity index (χ1) is 10.2. The zero-order valence-corrected chi connectivity index (χ0v) is 11.3. The SMILES string of the molecule is CCc1ccc2[nH]c(O)c(N=NC(=O)c3ccco3)c2c1. The smallest absolute Gasteiger partial charge is 0.331 e. The van der Waals surface area contributed by atoms with Crippen LogP contribution in [0.15, 0.2) is 51.2 Å². The van der Waals surface area contributed by atoms with Gasteiger partial charge in [0.05, 0.1) is 11.8 Å². The third-order valence-electron chi connectivity index (χ3n) is 3.20. The maximum Gasteiger partial charge on any atom is 0.331 e.